The van der Waals surface area contributed by atoms with E-state index in [9.17, 15) is 9.59 Å². The van der Waals surface area contributed by atoms with Crippen LogP contribution in [0, 0.1) is 5.41 Å². The van der Waals surface area contributed by atoms with E-state index < -0.39 is 5.41 Å². The van der Waals surface area contributed by atoms with Crippen LogP contribution in [0.1, 0.15) is 23.7 Å². The molecule has 1 aromatic carbocycles. The van der Waals surface area contributed by atoms with Gasteiger partial charge in [-0.1, -0.05) is 37.4 Å². The van der Waals surface area contributed by atoms with Crippen LogP contribution in [0.5, 0.6) is 0 Å². The summed E-state index contributed by atoms with van der Waals surface area (Å²) in [5, 5.41) is 0. The molecular formula is C16H17NO2. The van der Waals surface area contributed by atoms with Crippen molar-refractivity contribution >= 4 is 11.8 Å². The largest absolute Gasteiger partial charge is 0.278 e. The van der Waals surface area contributed by atoms with Gasteiger partial charge in [-0.3, -0.25) is 14.5 Å². The van der Waals surface area contributed by atoms with E-state index in [-0.39, 0.29) is 11.8 Å². The highest BCUT2D eigenvalue weighted by Crippen LogP contribution is 2.38. The molecule has 0 saturated carbocycles. The molecule has 2 amide bonds. The van der Waals surface area contributed by atoms with Gasteiger partial charge in [0.2, 0.25) is 5.91 Å². The highest BCUT2D eigenvalue weighted by Gasteiger charge is 2.46. The summed E-state index contributed by atoms with van der Waals surface area (Å²) in [7, 11) is 0. The second kappa shape index (κ2) is 4.84. The maximum Gasteiger partial charge on any atom is 0.260 e. The maximum atomic E-state index is 12.4. The van der Waals surface area contributed by atoms with Gasteiger partial charge in [-0.15, -0.1) is 0 Å². The molecular weight excluding hydrogens is 238 g/mol. The van der Waals surface area contributed by atoms with Gasteiger partial charge in [-0.25, -0.2) is 0 Å². The molecule has 0 unspecified atom stereocenters. The third-order valence-electron chi connectivity index (χ3n) is 3.77. The highest BCUT2D eigenvalue weighted by molar-refractivity contribution is 6.08. The fourth-order valence-corrected chi connectivity index (χ4v) is 2.30. The monoisotopic (exact) mass is 255 g/mol. The van der Waals surface area contributed by atoms with Gasteiger partial charge in [0.1, 0.15) is 0 Å². The Kier molecular flexibility index (Phi) is 3.38. The first kappa shape index (κ1) is 13.3. The number of nitrogens with zero attached hydrogens (tertiary/aromatic N) is 1. The molecule has 0 N–H and O–H groups in total. The van der Waals surface area contributed by atoms with Gasteiger partial charge in [0.15, 0.2) is 0 Å². The van der Waals surface area contributed by atoms with Gasteiger partial charge in [-0.2, -0.15) is 0 Å². The lowest BCUT2D eigenvalue weighted by Gasteiger charge is -2.23. The molecule has 1 fully saturated rings. The van der Waals surface area contributed by atoms with E-state index in [0.717, 1.165) is 0 Å². The zero-order valence-corrected chi connectivity index (χ0v) is 11.1. The molecule has 0 aromatic heterocycles. The van der Waals surface area contributed by atoms with Crippen LogP contribution in [0.15, 0.2) is 55.1 Å². The molecule has 0 aliphatic carbocycles. The number of hydrogen-bond donors (Lipinski definition) is 0. The quantitative estimate of drug-likeness (QED) is 0.615. The Balaban J connectivity index is 2.26. The molecule has 0 bridgehead atoms. The topological polar surface area (TPSA) is 37.4 Å². The number of rotatable bonds is 3. The molecule has 1 aliphatic heterocycles. The van der Waals surface area contributed by atoms with Gasteiger partial charge in [0.05, 0.1) is 5.41 Å². The SMILES string of the molecule is C=CC(=C)[C@]1(C)CCN(C(=O)c2ccccc2)C1=O. The minimum atomic E-state index is -0.702. The molecule has 1 aliphatic rings. The van der Waals surface area contributed by atoms with Crippen LogP contribution in [0.2, 0.25) is 0 Å². The van der Waals surface area contributed by atoms with Crippen LogP contribution in [-0.2, 0) is 4.79 Å². The second-order valence-electron chi connectivity index (χ2n) is 4.94. The van der Waals surface area contributed by atoms with Crippen LogP contribution in [0.25, 0.3) is 0 Å². The van der Waals surface area contributed by atoms with Crippen molar-refractivity contribution in [3.8, 4) is 0 Å². The molecule has 0 radical (unpaired) electrons. The van der Waals surface area contributed by atoms with E-state index in [4.69, 9.17) is 0 Å². The van der Waals surface area contributed by atoms with Crippen molar-refractivity contribution in [1.82, 2.24) is 4.90 Å². The third-order valence-corrected chi connectivity index (χ3v) is 3.77. The van der Waals surface area contributed by atoms with Crippen molar-refractivity contribution in [3.05, 3.63) is 60.7 Å². The summed E-state index contributed by atoms with van der Waals surface area (Å²) in [4.78, 5) is 26.1. The van der Waals surface area contributed by atoms with Gasteiger partial charge in [0.25, 0.3) is 5.91 Å². The minimum absolute atomic E-state index is 0.189. The lowest BCUT2D eigenvalue weighted by Crippen LogP contribution is -2.37. The van der Waals surface area contributed by atoms with E-state index in [1.54, 1.807) is 30.3 Å². The normalized spacial score (nSPS) is 22.4. The molecule has 19 heavy (non-hydrogen) atoms. The third kappa shape index (κ3) is 2.12. The summed E-state index contributed by atoms with van der Waals surface area (Å²) >= 11 is 0. The molecule has 1 aromatic rings. The van der Waals surface area contributed by atoms with Crippen molar-refractivity contribution in [2.75, 3.05) is 6.54 Å². The fraction of sp³-hybridized carbons (Fsp3) is 0.250. The smallest absolute Gasteiger partial charge is 0.260 e. The van der Waals surface area contributed by atoms with Gasteiger partial charge in [0, 0.05) is 12.1 Å². The van der Waals surface area contributed by atoms with Crippen molar-refractivity contribution in [2.45, 2.75) is 13.3 Å². The van der Waals surface area contributed by atoms with E-state index in [2.05, 4.69) is 13.2 Å². The number of amides is 2. The summed E-state index contributed by atoms with van der Waals surface area (Å²) < 4.78 is 0. The summed E-state index contributed by atoms with van der Waals surface area (Å²) in [6.45, 7) is 9.77. The van der Waals surface area contributed by atoms with Crippen LogP contribution in [0.4, 0.5) is 0 Å². The molecule has 98 valence electrons. The first-order chi connectivity index (χ1) is 9.00. The Labute approximate surface area is 113 Å². The van der Waals surface area contributed by atoms with E-state index in [0.29, 0.717) is 24.1 Å². The Morgan fingerprint density at radius 1 is 1.37 bits per heavy atom. The van der Waals surface area contributed by atoms with E-state index in [1.165, 1.54) is 4.90 Å². The molecule has 2 rings (SSSR count). The van der Waals surface area contributed by atoms with Crippen molar-refractivity contribution in [1.29, 1.82) is 0 Å². The predicted octanol–water partition coefficient (Wildman–Crippen LogP) is 2.81. The first-order valence-corrected chi connectivity index (χ1v) is 6.24. The zero-order valence-electron chi connectivity index (χ0n) is 11.1. The summed E-state index contributed by atoms with van der Waals surface area (Å²) in [6.07, 6.45) is 2.18. The first-order valence-electron chi connectivity index (χ1n) is 6.24. The number of hydrogen-bond acceptors (Lipinski definition) is 2. The van der Waals surface area contributed by atoms with Crippen LogP contribution >= 0.6 is 0 Å². The van der Waals surface area contributed by atoms with E-state index in [1.807, 2.05) is 13.0 Å². The number of allylic oxidation sites excluding steroid dienone is 1. The average Bonchev–Trinajstić information content (AvgIpc) is 2.75. The number of carbonyl (C=O) groups excluding carboxylic acids is 2. The van der Waals surface area contributed by atoms with Gasteiger partial charge < -0.3 is 0 Å². The Hall–Kier alpha value is -2.16. The lowest BCUT2D eigenvalue weighted by molar-refractivity contribution is -0.131. The van der Waals surface area contributed by atoms with Crippen LogP contribution < -0.4 is 0 Å². The van der Waals surface area contributed by atoms with Crippen LogP contribution in [0.3, 0.4) is 0 Å². The average molecular weight is 255 g/mol. The van der Waals surface area contributed by atoms with E-state index >= 15 is 0 Å². The molecule has 1 heterocycles. The lowest BCUT2D eigenvalue weighted by atomic mass is 9.81. The highest BCUT2D eigenvalue weighted by atomic mass is 16.2. The Bertz CT molecular complexity index is 547. The predicted molar refractivity (Wildman–Crippen MR) is 74.5 cm³/mol. The van der Waals surface area contributed by atoms with Crippen LogP contribution in [-0.4, -0.2) is 23.3 Å². The number of benzene rings is 1. The number of carbonyl (C=O) groups is 2. The summed E-state index contributed by atoms with van der Waals surface area (Å²) in [5.74, 6) is -0.433. The Morgan fingerprint density at radius 3 is 2.58 bits per heavy atom. The molecule has 0 spiro atoms. The van der Waals surface area contributed by atoms with Gasteiger partial charge in [-0.05, 0) is 31.1 Å². The minimum Gasteiger partial charge on any atom is -0.278 e. The van der Waals surface area contributed by atoms with Crippen molar-refractivity contribution in [2.24, 2.45) is 5.41 Å². The Morgan fingerprint density at radius 2 is 2.00 bits per heavy atom. The fourth-order valence-electron chi connectivity index (χ4n) is 2.30. The number of likely N-dealkylation sites (tertiary alicyclic amines) is 1. The molecule has 3 nitrogen and oxygen atoms in total. The zero-order chi connectivity index (χ0) is 14.0. The molecule has 3 heteroatoms. The molecule has 1 saturated heterocycles. The molecule has 1 atom stereocenters. The summed E-state index contributed by atoms with van der Waals surface area (Å²) in [6, 6.07) is 8.85. The standard InChI is InChI=1S/C16H17NO2/c1-4-12(2)16(3)10-11-17(15(16)19)14(18)13-8-6-5-7-9-13/h4-9H,1-2,10-11H2,3H3/t16-/m0/s1. The second-order valence-corrected chi connectivity index (χ2v) is 4.94. The number of imide groups is 1. The van der Waals surface area contributed by atoms with Crippen molar-refractivity contribution in [3.63, 3.8) is 0 Å². The van der Waals surface area contributed by atoms with Crippen molar-refractivity contribution < 1.29 is 9.59 Å². The van der Waals surface area contributed by atoms with Gasteiger partial charge >= 0.3 is 0 Å². The summed E-state index contributed by atoms with van der Waals surface area (Å²) in [5.41, 5.74) is 0.497. The maximum absolute atomic E-state index is 12.4.